The molecule has 0 atom stereocenters. The second-order valence-electron chi connectivity index (χ2n) is 4.51. The summed E-state index contributed by atoms with van der Waals surface area (Å²) >= 11 is 0. The van der Waals surface area contributed by atoms with Crippen molar-refractivity contribution in [1.82, 2.24) is 19.6 Å². The van der Waals surface area contributed by atoms with Crippen LogP contribution < -0.4 is 0 Å². The average molecular weight is 268 g/mol. The number of carbonyl (C=O) groups is 1. The lowest BCUT2D eigenvalue weighted by Gasteiger charge is -2.05. The maximum atomic E-state index is 11.4. The molecule has 3 heterocycles. The van der Waals surface area contributed by atoms with E-state index in [2.05, 4.69) is 15.1 Å². The Labute approximate surface area is 114 Å². The molecule has 0 bridgehead atoms. The number of hydrogen-bond donors (Lipinski definition) is 1. The molecule has 0 aromatic carbocycles. The van der Waals surface area contributed by atoms with Gasteiger partial charge >= 0.3 is 5.97 Å². The van der Waals surface area contributed by atoms with E-state index in [4.69, 9.17) is 0 Å². The topological polar surface area (TPSA) is 80.4 Å². The number of carboxylic acids is 1. The van der Waals surface area contributed by atoms with E-state index in [1.54, 1.807) is 24.5 Å². The number of carboxylic acid groups (broad SMARTS) is 1. The Morgan fingerprint density at radius 1 is 1.25 bits per heavy atom. The second kappa shape index (κ2) is 4.41. The van der Waals surface area contributed by atoms with E-state index in [1.165, 1.54) is 10.6 Å². The summed E-state index contributed by atoms with van der Waals surface area (Å²) in [6, 6.07) is 5.11. The smallest absolute Gasteiger partial charge is 0.354 e. The normalized spacial score (nSPS) is 10.9. The van der Waals surface area contributed by atoms with E-state index in [1.807, 2.05) is 13.8 Å². The van der Waals surface area contributed by atoms with Gasteiger partial charge in [0.25, 0.3) is 0 Å². The summed E-state index contributed by atoms with van der Waals surface area (Å²) in [5.74, 6) is -1.03. The van der Waals surface area contributed by atoms with Gasteiger partial charge in [0.2, 0.25) is 0 Å². The first kappa shape index (κ1) is 12.3. The molecule has 0 saturated heterocycles. The van der Waals surface area contributed by atoms with Crippen molar-refractivity contribution in [2.75, 3.05) is 0 Å². The number of aromatic nitrogens is 4. The van der Waals surface area contributed by atoms with Crippen LogP contribution >= 0.6 is 0 Å². The molecule has 3 aromatic heterocycles. The Balaban J connectivity index is 2.36. The third-order valence-electron chi connectivity index (χ3n) is 3.25. The number of hydrogen-bond acceptors (Lipinski definition) is 4. The Hall–Kier alpha value is -2.76. The minimum absolute atomic E-state index is 0.0954. The fourth-order valence-electron chi connectivity index (χ4n) is 2.05. The van der Waals surface area contributed by atoms with Gasteiger partial charge in [-0.3, -0.25) is 4.98 Å². The summed E-state index contributed by atoms with van der Waals surface area (Å²) in [6.45, 7) is 3.72. The van der Waals surface area contributed by atoms with Crippen molar-refractivity contribution >= 4 is 11.6 Å². The largest absolute Gasteiger partial charge is 0.477 e. The van der Waals surface area contributed by atoms with Crippen LogP contribution in [0.3, 0.4) is 0 Å². The summed E-state index contributed by atoms with van der Waals surface area (Å²) in [7, 11) is 0. The predicted octanol–water partition coefficient (Wildman–Crippen LogP) is 2.11. The lowest BCUT2D eigenvalue weighted by atomic mass is 10.1. The van der Waals surface area contributed by atoms with Crippen molar-refractivity contribution < 1.29 is 9.90 Å². The Bertz CT molecular complexity index is 809. The zero-order chi connectivity index (χ0) is 14.3. The molecule has 0 unspecified atom stereocenters. The van der Waals surface area contributed by atoms with Crippen molar-refractivity contribution in [2.24, 2.45) is 0 Å². The van der Waals surface area contributed by atoms with E-state index in [0.717, 1.165) is 16.8 Å². The second-order valence-corrected chi connectivity index (χ2v) is 4.51. The molecule has 20 heavy (non-hydrogen) atoms. The van der Waals surface area contributed by atoms with Crippen LogP contribution in [0, 0.1) is 13.8 Å². The lowest BCUT2D eigenvalue weighted by molar-refractivity contribution is 0.0687. The molecule has 3 rings (SSSR count). The van der Waals surface area contributed by atoms with Crippen molar-refractivity contribution in [1.29, 1.82) is 0 Å². The van der Waals surface area contributed by atoms with Crippen LogP contribution in [0.1, 0.15) is 21.7 Å². The average Bonchev–Trinajstić information content (AvgIpc) is 2.74. The molecule has 6 nitrogen and oxygen atoms in total. The number of fused-ring (bicyclic) bond motifs is 1. The summed E-state index contributed by atoms with van der Waals surface area (Å²) in [5, 5.41) is 13.6. The third-order valence-corrected chi connectivity index (χ3v) is 3.25. The van der Waals surface area contributed by atoms with Crippen LogP contribution in [-0.2, 0) is 0 Å². The molecule has 6 heteroatoms. The SMILES string of the molecule is Cc1nn2c(C(=O)O)cc(-c3ccncc3)nc2c1C. The molecular weight excluding hydrogens is 256 g/mol. The number of aromatic carboxylic acids is 1. The van der Waals surface area contributed by atoms with Gasteiger partial charge in [-0.25, -0.2) is 14.3 Å². The molecular formula is C14H12N4O2. The summed E-state index contributed by atoms with van der Waals surface area (Å²) < 4.78 is 1.37. The number of rotatable bonds is 2. The van der Waals surface area contributed by atoms with Crippen molar-refractivity contribution in [3.63, 3.8) is 0 Å². The molecule has 0 saturated carbocycles. The Kier molecular flexibility index (Phi) is 2.71. The summed E-state index contributed by atoms with van der Waals surface area (Å²) in [5.41, 5.74) is 3.73. The van der Waals surface area contributed by atoms with Gasteiger partial charge in [0.05, 0.1) is 11.4 Å². The van der Waals surface area contributed by atoms with Gasteiger partial charge < -0.3 is 5.11 Å². The minimum atomic E-state index is -1.03. The quantitative estimate of drug-likeness (QED) is 0.769. The van der Waals surface area contributed by atoms with Crippen molar-refractivity contribution in [2.45, 2.75) is 13.8 Å². The standard InChI is InChI=1S/C14H12N4O2/c1-8-9(2)17-18-12(14(19)20)7-11(16-13(8)18)10-3-5-15-6-4-10/h3-7H,1-2H3,(H,19,20). The van der Waals surface area contributed by atoms with Gasteiger partial charge in [-0.05, 0) is 32.0 Å². The van der Waals surface area contributed by atoms with Crippen molar-refractivity contribution in [3.05, 3.63) is 47.5 Å². The van der Waals surface area contributed by atoms with E-state index < -0.39 is 5.97 Å². The van der Waals surface area contributed by atoms with Gasteiger partial charge in [-0.15, -0.1) is 0 Å². The molecule has 1 N–H and O–H groups in total. The number of nitrogens with zero attached hydrogens (tertiary/aromatic N) is 4. The van der Waals surface area contributed by atoms with Crippen molar-refractivity contribution in [3.8, 4) is 11.3 Å². The predicted molar refractivity (Wildman–Crippen MR) is 72.7 cm³/mol. The van der Waals surface area contributed by atoms with Crippen LogP contribution in [0.25, 0.3) is 16.9 Å². The van der Waals surface area contributed by atoms with Crippen LogP contribution in [0.2, 0.25) is 0 Å². The molecule has 0 radical (unpaired) electrons. The molecule has 0 aliphatic rings. The molecule has 0 aliphatic heterocycles. The minimum Gasteiger partial charge on any atom is -0.477 e. The number of pyridine rings is 1. The molecule has 0 fully saturated rings. The first-order valence-electron chi connectivity index (χ1n) is 6.08. The molecule has 0 spiro atoms. The maximum absolute atomic E-state index is 11.4. The highest BCUT2D eigenvalue weighted by atomic mass is 16.4. The van der Waals surface area contributed by atoms with Gasteiger partial charge in [0.1, 0.15) is 0 Å². The highest BCUT2D eigenvalue weighted by Gasteiger charge is 2.17. The Morgan fingerprint density at radius 2 is 1.95 bits per heavy atom. The van der Waals surface area contributed by atoms with Crippen LogP contribution in [0.15, 0.2) is 30.6 Å². The molecule has 0 amide bonds. The van der Waals surface area contributed by atoms with E-state index in [9.17, 15) is 9.90 Å². The third kappa shape index (κ3) is 1.82. The fraction of sp³-hybridized carbons (Fsp3) is 0.143. The van der Waals surface area contributed by atoms with Gasteiger partial charge in [-0.2, -0.15) is 5.10 Å². The summed E-state index contributed by atoms with van der Waals surface area (Å²) in [4.78, 5) is 19.9. The fourth-order valence-corrected chi connectivity index (χ4v) is 2.05. The van der Waals surface area contributed by atoms with Crippen LogP contribution in [0.4, 0.5) is 0 Å². The first-order valence-corrected chi connectivity index (χ1v) is 6.08. The Morgan fingerprint density at radius 3 is 2.60 bits per heavy atom. The van der Waals surface area contributed by atoms with E-state index in [0.29, 0.717) is 11.3 Å². The summed E-state index contributed by atoms with van der Waals surface area (Å²) in [6.07, 6.45) is 3.30. The van der Waals surface area contributed by atoms with Crippen LogP contribution in [0.5, 0.6) is 0 Å². The zero-order valence-corrected chi connectivity index (χ0v) is 11.0. The highest BCUT2D eigenvalue weighted by molar-refractivity contribution is 5.88. The highest BCUT2D eigenvalue weighted by Crippen LogP contribution is 2.21. The molecule has 100 valence electrons. The van der Waals surface area contributed by atoms with Gasteiger partial charge in [-0.1, -0.05) is 0 Å². The number of aryl methyl sites for hydroxylation is 2. The first-order chi connectivity index (χ1) is 9.58. The molecule has 0 aliphatic carbocycles. The van der Waals surface area contributed by atoms with Gasteiger partial charge in [0.15, 0.2) is 11.3 Å². The van der Waals surface area contributed by atoms with Gasteiger partial charge in [0, 0.05) is 23.5 Å². The monoisotopic (exact) mass is 268 g/mol. The maximum Gasteiger partial charge on any atom is 0.354 e. The molecule has 3 aromatic rings. The zero-order valence-electron chi connectivity index (χ0n) is 11.0. The van der Waals surface area contributed by atoms with Crippen LogP contribution in [-0.4, -0.2) is 30.7 Å². The lowest BCUT2D eigenvalue weighted by Crippen LogP contribution is -2.08. The van der Waals surface area contributed by atoms with E-state index >= 15 is 0 Å². The van der Waals surface area contributed by atoms with E-state index in [-0.39, 0.29) is 5.69 Å².